The Bertz CT molecular complexity index is 380. The molecule has 2 nitrogen and oxygen atoms in total. The highest BCUT2D eigenvalue weighted by molar-refractivity contribution is 7.80. The van der Waals surface area contributed by atoms with Crippen molar-refractivity contribution in [2.75, 3.05) is 0 Å². The molecule has 1 aromatic rings. The molecule has 1 fully saturated rings. The maximum atomic E-state index is 12.9. The summed E-state index contributed by atoms with van der Waals surface area (Å²) >= 11 is -1.63. The maximum absolute atomic E-state index is 12.9. The molecule has 0 aromatic heterocycles. The summed E-state index contributed by atoms with van der Waals surface area (Å²) in [6.45, 7) is 0. The largest absolute Gasteiger partial charge is 0.283 e. The Morgan fingerprint density at radius 2 is 1.94 bits per heavy atom. The summed E-state index contributed by atoms with van der Waals surface area (Å²) in [6.07, 6.45) is 0.211. The molecule has 0 saturated heterocycles. The van der Waals surface area contributed by atoms with Gasteiger partial charge in [-0.05, 0) is 37.1 Å². The molecule has 0 amide bonds. The van der Waals surface area contributed by atoms with Gasteiger partial charge in [0.2, 0.25) is 0 Å². The van der Waals surface area contributed by atoms with Gasteiger partial charge >= 0.3 is 0 Å². The van der Waals surface area contributed by atoms with Gasteiger partial charge in [-0.1, -0.05) is 0 Å². The van der Waals surface area contributed by atoms with Crippen molar-refractivity contribution in [3.05, 3.63) is 30.1 Å². The second kappa shape index (κ2) is 5.01. The summed E-state index contributed by atoms with van der Waals surface area (Å²) in [6, 6.07) is 5.27. The highest BCUT2D eigenvalue weighted by atomic mass is 32.2. The first kappa shape index (κ1) is 11.7. The lowest BCUT2D eigenvalue weighted by Crippen LogP contribution is -2.11. The highest BCUT2D eigenvalue weighted by Crippen LogP contribution is 2.26. The van der Waals surface area contributed by atoms with Crippen molar-refractivity contribution in [2.24, 2.45) is 0 Å². The Hall–Kier alpha value is -0.810. The van der Waals surface area contributed by atoms with E-state index >= 15 is 0 Å². The van der Waals surface area contributed by atoms with Crippen molar-refractivity contribution >= 4 is 11.1 Å². The van der Waals surface area contributed by atoms with Crippen LogP contribution in [0.1, 0.15) is 19.3 Å². The molecule has 2 rings (SSSR count). The van der Waals surface area contributed by atoms with Gasteiger partial charge in [0.15, 0.2) is 11.1 Å². The molecule has 3 atom stereocenters. The molecular formula is C11H12F2O2S. The van der Waals surface area contributed by atoms with Crippen LogP contribution in [0.15, 0.2) is 29.2 Å². The van der Waals surface area contributed by atoms with E-state index in [2.05, 4.69) is 0 Å². The molecule has 0 spiro atoms. The van der Waals surface area contributed by atoms with Crippen LogP contribution in [0.25, 0.3) is 0 Å². The quantitative estimate of drug-likeness (QED) is 0.819. The average molecular weight is 246 g/mol. The third kappa shape index (κ3) is 2.86. The first-order valence-corrected chi connectivity index (χ1v) is 6.21. The summed E-state index contributed by atoms with van der Waals surface area (Å²) in [5, 5.41) is 0. The zero-order valence-electron chi connectivity index (χ0n) is 8.57. The van der Waals surface area contributed by atoms with Crippen LogP contribution in [0.4, 0.5) is 8.78 Å². The molecule has 88 valence electrons. The van der Waals surface area contributed by atoms with E-state index in [1.807, 2.05) is 0 Å². The molecule has 16 heavy (non-hydrogen) atoms. The third-order valence-electron chi connectivity index (χ3n) is 2.55. The van der Waals surface area contributed by atoms with Gasteiger partial charge in [-0.15, -0.1) is 0 Å². The van der Waals surface area contributed by atoms with Gasteiger partial charge in [-0.25, -0.2) is 13.0 Å². The molecule has 0 bridgehead atoms. The fraction of sp³-hybridized carbons (Fsp3) is 0.455. The Kier molecular flexibility index (Phi) is 3.66. The second-order valence-corrected chi connectivity index (χ2v) is 4.95. The van der Waals surface area contributed by atoms with E-state index in [1.54, 1.807) is 0 Å². The summed E-state index contributed by atoms with van der Waals surface area (Å²) < 4.78 is 42.3. The van der Waals surface area contributed by atoms with Gasteiger partial charge in [-0.3, -0.25) is 4.18 Å². The molecule has 0 N–H and O–H groups in total. The Balaban J connectivity index is 1.95. The molecule has 0 radical (unpaired) electrons. The lowest BCUT2D eigenvalue weighted by molar-refractivity contribution is 0.218. The summed E-state index contributed by atoms with van der Waals surface area (Å²) in [4.78, 5) is 0.406. The van der Waals surface area contributed by atoms with E-state index in [1.165, 1.54) is 24.3 Å². The molecule has 0 aliphatic heterocycles. The van der Waals surface area contributed by atoms with Gasteiger partial charge < -0.3 is 0 Å². The molecule has 1 aliphatic rings. The Morgan fingerprint density at radius 1 is 1.25 bits per heavy atom. The second-order valence-electron chi connectivity index (χ2n) is 3.82. The highest BCUT2D eigenvalue weighted by Gasteiger charge is 2.27. The number of rotatable bonds is 3. The van der Waals surface area contributed by atoms with Gasteiger partial charge in [-0.2, -0.15) is 0 Å². The van der Waals surface area contributed by atoms with Crippen LogP contribution in [-0.4, -0.2) is 16.5 Å². The van der Waals surface area contributed by atoms with Crippen LogP contribution in [0.2, 0.25) is 0 Å². The minimum absolute atomic E-state index is 0.291. The molecule has 3 unspecified atom stereocenters. The van der Waals surface area contributed by atoms with Gasteiger partial charge in [0, 0.05) is 6.42 Å². The number of hydrogen-bond acceptors (Lipinski definition) is 2. The standard InChI is InChI=1S/C11H12F2O2S/c12-8-2-5-11(6-3-8)16(14)15-10-4-1-9(13)7-10/h2-3,5-6,9-10H,1,4,7H2. The lowest BCUT2D eigenvalue weighted by Gasteiger charge is -2.09. The van der Waals surface area contributed by atoms with Crippen molar-refractivity contribution in [3.63, 3.8) is 0 Å². The minimum atomic E-state index is -1.63. The fourth-order valence-corrected chi connectivity index (χ4v) is 2.59. The minimum Gasteiger partial charge on any atom is -0.283 e. The normalized spacial score (nSPS) is 26.9. The first-order valence-electron chi connectivity index (χ1n) is 5.13. The fourth-order valence-electron chi connectivity index (χ4n) is 1.70. The van der Waals surface area contributed by atoms with Crippen molar-refractivity contribution in [2.45, 2.75) is 36.4 Å². The summed E-state index contributed by atoms with van der Waals surface area (Å²) in [5.74, 6) is -0.384. The molecule has 1 saturated carbocycles. The van der Waals surface area contributed by atoms with Crippen molar-refractivity contribution in [3.8, 4) is 0 Å². The van der Waals surface area contributed by atoms with Crippen LogP contribution < -0.4 is 0 Å². The Morgan fingerprint density at radius 3 is 2.50 bits per heavy atom. The topological polar surface area (TPSA) is 26.3 Å². The Labute approximate surface area is 95.3 Å². The molecule has 1 aromatic carbocycles. The summed E-state index contributed by atoms with van der Waals surface area (Å²) in [5.41, 5.74) is 0. The van der Waals surface area contributed by atoms with Crippen molar-refractivity contribution < 1.29 is 17.2 Å². The van der Waals surface area contributed by atoms with E-state index in [0.29, 0.717) is 24.2 Å². The monoisotopic (exact) mass is 246 g/mol. The number of alkyl halides is 1. The van der Waals surface area contributed by atoms with Gasteiger partial charge in [0.05, 0.1) is 11.0 Å². The molecular weight excluding hydrogens is 234 g/mol. The van der Waals surface area contributed by atoms with Crippen LogP contribution in [0.3, 0.4) is 0 Å². The first-order chi connectivity index (χ1) is 7.65. The average Bonchev–Trinajstić information content (AvgIpc) is 2.65. The molecule has 5 heteroatoms. The number of hydrogen-bond donors (Lipinski definition) is 0. The van der Waals surface area contributed by atoms with Crippen molar-refractivity contribution in [1.82, 2.24) is 0 Å². The SMILES string of the molecule is O=S(OC1CCC(F)C1)c1ccc(F)cc1. The van der Waals surface area contributed by atoms with Crippen LogP contribution in [0.5, 0.6) is 0 Å². The zero-order chi connectivity index (χ0) is 11.5. The van der Waals surface area contributed by atoms with E-state index in [-0.39, 0.29) is 11.9 Å². The zero-order valence-corrected chi connectivity index (χ0v) is 9.38. The van der Waals surface area contributed by atoms with Gasteiger partial charge in [0.1, 0.15) is 12.0 Å². The smallest absolute Gasteiger partial charge is 0.189 e. The van der Waals surface area contributed by atoms with E-state index in [9.17, 15) is 13.0 Å². The van der Waals surface area contributed by atoms with E-state index < -0.39 is 17.3 Å². The third-order valence-corrected chi connectivity index (χ3v) is 3.65. The number of benzene rings is 1. The van der Waals surface area contributed by atoms with Crippen molar-refractivity contribution in [1.29, 1.82) is 0 Å². The predicted octanol–water partition coefficient (Wildman–Crippen LogP) is 2.76. The van der Waals surface area contributed by atoms with E-state index in [4.69, 9.17) is 4.18 Å². The predicted molar refractivity (Wildman–Crippen MR) is 56.4 cm³/mol. The van der Waals surface area contributed by atoms with Crippen LogP contribution in [0, 0.1) is 5.82 Å². The molecule has 1 aliphatic carbocycles. The molecule has 0 heterocycles. The van der Waals surface area contributed by atoms with E-state index in [0.717, 1.165) is 0 Å². The lowest BCUT2D eigenvalue weighted by atomic mass is 10.3. The van der Waals surface area contributed by atoms with Gasteiger partial charge in [0.25, 0.3) is 0 Å². The van der Waals surface area contributed by atoms with Crippen LogP contribution in [-0.2, 0) is 15.3 Å². The summed E-state index contributed by atoms with van der Waals surface area (Å²) in [7, 11) is 0. The van der Waals surface area contributed by atoms with Crippen LogP contribution >= 0.6 is 0 Å². The number of halogens is 2. The maximum Gasteiger partial charge on any atom is 0.189 e.